The fraction of sp³-hybridized carbons (Fsp3) is 0.125. The molecule has 62 valence electrons. The van der Waals surface area contributed by atoms with Crippen LogP contribution in [0.25, 0.3) is 10.9 Å². The van der Waals surface area contributed by atoms with Crippen LogP contribution in [0, 0.1) is 0 Å². The normalized spacial score (nSPS) is 10.5. The Hall–Kier alpha value is -0.610. The van der Waals surface area contributed by atoms with E-state index < -0.39 is 0 Å². The number of nitrogens with zero attached hydrogens (tertiary/aromatic N) is 1. The third-order valence-electron chi connectivity index (χ3n) is 1.63. The molecule has 2 aromatic rings. The van der Waals surface area contributed by atoms with Gasteiger partial charge in [0.05, 0.1) is 18.0 Å². The zero-order chi connectivity index (χ0) is 8.55. The number of aromatic nitrogens is 1. The average Bonchev–Trinajstić information content (AvgIpc) is 2.50. The van der Waals surface area contributed by atoms with Crippen molar-refractivity contribution in [2.75, 3.05) is 7.11 Å². The van der Waals surface area contributed by atoms with Crippen molar-refractivity contribution < 1.29 is 4.74 Å². The molecule has 0 radical (unpaired) electrons. The van der Waals surface area contributed by atoms with Crippen LogP contribution in [-0.2, 0) is 0 Å². The monoisotopic (exact) mass is 243 g/mol. The number of hydrogen-bond donors (Lipinski definition) is 0. The second-order valence-electron chi connectivity index (χ2n) is 2.36. The first-order chi connectivity index (χ1) is 5.81. The highest BCUT2D eigenvalue weighted by molar-refractivity contribution is 9.10. The van der Waals surface area contributed by atoms with E-state index in [1.54, 1.807) is 7.11 Å². The van der Waals surface area contributed by atoms with E-state index >= 15 is 0 Å². The summed E-state index contributed by atoms with van der Waals surface area (Å²) in [5, 5.41) is 3.06. The van der Waals surface area contributed by atoms with Crippen LogP contribution in [0.2, 0.25) is 0 Å². The van der Waals surface area contributed by atoms with Gasteiger partial charge >= 0.3 is 0 Å². The average molecular weight is 244 g/mol. The van der Waals surface area contributed by atoms with Gasteiger partial charge in [0, 0.05) is 9.85 Å². The topological polar surface area (TPSA) is 22.1 Å². The Balaban J connectivity index is 2.80. The maximum atomic E-state index is 5.20. The van der Waals surface area contributed by atoms with E-state index in [1.165, 1.54) is 11.5 Å². The Bertz CT molecular complexity index is 412. The second-order valence-corrected chi connectivity index (χ2v) is 3.90. The zero-order valence-corrected chi connectivity index (χ0v) is 8.78. The first-order valence-corrected chi connectivity index (χ1v) is 5.02. The van der Waals surface area contributed by atoms with Gasteiger partial charge in [0.25, 0.3) is 0 Å². The van der Waals surface area contributed by atoms with Gasteiger partial charge in [-0.05, 0) is 23.7 Å². The molecule has 0 aliphatic carbocycles. The first-order valence-electron chi connectivity index (χ1n) is 3.39. The summed E-state index contributed by atoms with van der Waals surface area (Å²) in [6.07, 6.45) is 0. The van der Waals surface area contributed by atoms with Crippen molar-refractivity contribution in [2.45, 2.75) is 0 Å². The lowest BCUT2D eigenvalue weighted by Gasteiger charge is -2.00. The van der Waals surface area contributed by atoms with Crippen LogP contribution in [0.4, 0.5) is 0 Å². The van der Waals surface area contributed by atoms with E-state index in [9.17, 15) is 0 Å². The Labute approximate surface area is 82.5 Å². The van der Waals surface area contributed by atoms with Gasteiger partial charge in [-0.3, -0.25) is 0 Å². The number of rotatable bonds is 1. The summed E-state index contributed by atoms with van der Waals surface area (Å²) in [7, 11) is 1.67. The van der Waals surface area contributed by atoms with Crippen molar-refractivity contribution in [2.24, 2.45) is 0 Å². The number of hydrogen-bond acceptors (Lipinski definition) is 3. The van der Waals surface area contributed by atoms with Gasteiger partial charge in [-0.1, -0.05) is 15.9 Å². The molecule has 0 aliphatic rings. The molecule has 1 heterocycles. The van der Waals surface area contributed by atoms with Crippen molar-refractivity contribution in [1.29, 1.82) is 0 Å². The maximum absolute atomic E-state index is 5.20. The molecule has 1 aromatic heterocycles. The molecule has 0 bridgehead atoms. The molecule has 2 nitrogen and oxygen atoms in total. The minimum Gasteiger partial charge on any atom is -0.496 e. The zero-order valence-electron chi connectivity index (χ0n) is 6.37. The van der Waals surface area contributed by atoms with Gasteiger partial charge < -0.3 is 4.74 Å². The maximum Gasteiger partial charge on any atom is 0.130 e. The van der Waals surface area contributed by atoms with Gasteiger partial charge in [-0.15, -0.1) is 0 Å². The van der Waals surface area contributed by atoms with Crippen LogP contribution in [0.1, 0.15) is 0 Å². The molecule has 0 saturated carbocycles. The van der Waals surface area contributed by atoms with E-state index in [-0.39, 0.29) is 0 Å². The van der Waals surface area contributed by atoms with Crippen molar-refractivity contribution in [1.82, 2.24) is 4.37 Å². The second kappa shape index (κ2) is 3.03. The van der Waals surface area contributed by atoms with Gasteiger partial charge in [0.15, 0.2) is 0 Å². The van der Waals surface area contributed by atoms with Crippen LogP contribution in [-0.4, -0.2) is 11.5 Å². The van der Waals surface area contributed by atoms with Crippen molar-refractivity contribution in [3.63, 3.8) is 0 Å². The molecule has 12 heavy (non-hydrogen) atoms. The summed E-state index contributed by atoms with van der Waals surface area (Å²) >= 11 is 4.83. The Morgan fingerprint density at radius 3 is 3.08 bits per heavy atom. The third kappa shape index (κ3) is 1.21. The molecule has 0 aliphatic heterocycles. The highest BCUT2D eigenvalue weighted by atomic mass is 79.9. The SMILES string of the molecule is COc1cc(Br)cc2nscc12. The summed E-state index contributed by atoms with van der Waals surface area (Å²) in [5.74, 6) is 0.869. The predicted molar refractivity (Wildman–Crippen MR) is 53.9 cm³/mol. The number of halogens is 1. The molecule has 0 spiro atoms. The van der Waals surface area contributed by atoms with E-state index in [2.05, 4.69) is 20.3 Å². The lowest BCUT2D eigenvalue weighted by molar-refractivity contribution is 0.419. The van der Waals surface area contributed by atoms with Crippen LogP contribution in [0.15, 0.2) is 22.0 Å². The molecule has 4 heteroatoms. The van der Waals surface area contributed by atoms with E-state index in [1.807, 2.05) is 17.5 Å². The third-order valence-corrected chi connectivity index (χ3v) is 2.73. The van der Waals surface area contributed by atoms with E-state index in [0.717, 1.165) is 21.1 Å². The Morgan fingerprint density at radius 2 is 2.33 bits per heavy atom. The van der Waals surface area contributed by atoms with Crippen LogP contribution < -0.4 is 4.74 Å². The standard InChI is InChI=1S/C8H6BrNOS/c1-11-8-3-5(9)2-7-6(8)4-12-10-7/h2-4H,1H3. The van der Waals surface area contributed by atoms with Crippen molar-refractivity contribution in [3.8, 4) is 5.75 Å². The van der Waals surface area contributed by atoms with E-state index in [4.69, 9.17) is 4.74 Å². The number of methoxy groups -OCH3 is 1. The quantitative estimate of drug-likeness (QED) is 0.769. The largest absolute Gasteiger partial charge is 0.496 e. The molecule has 1 aromatic carbocycles. The summed E-state index contributed by atoms with van der Waals surface area (Å²) in [5.41, 5.74) is 0.978. The smallest absolute Gasteiger partial charge is 0.130 e. The minimum atomic E-state index is 0.869. The van der Waals surface area contributed by atoms with Crippen molar-refractivity contribution in [3.05, 3.63) is 22.0 Å². The van der Waals surface area contributed by atoms with Gasteiger partial charge in [-0.2, -0.15) is 4.37 Å². The summed E-state index contributed by atoms with van der Waals surface area (Å²) < 4.78 is 10.4. The van der Waals surface area contributed by atoms with Crippen molar-refractivity contribution >= 4 is 38.4 Å². The first kappa shape index (κ1) is 8.01. The number of benzene rings is 1. The van der Waals surface area contributed by atoms with Crippen LogP contribution >= 0.6 is 27.5 Å². The molecule has 0 saturated heterocycles. The fourth-order valence-electron chi connectivity index (χ4n) is 1.08. The van der Waals surface area contributed by atoms with Gasteiger partial charge in [-0.25, -0.2) is 0 Å². The van der Waals surface area contributed by atoms with Gasteiger partial charge in [0.2, 0.25) is 0 Å². The summed E-state index contributed by atoms with van der Waals surface area (Å²) in [4.78, 5) is 0. The Morgan fingerprint density at radius 1 is 1.50 bits per heavy atom. The molecule has 2 rings (SSSR count). The molecular formula is C8H6BrNOS. The summed E-state index contributed by atoms with van der Waals surface area (Å²) in [6, 6.07) is 3.92. The predicted octanol–water partition coefficient (Wildman–Crippen LogP) is 3.07. The van der Waals surface area contributed by atoms with Crippen LogP contribution in [0.3, 0.4) is 0 Å². The number of fused-ring (bicyclic) bond motifs is 1. The van der Waals surface area contributed by atoms with Gasteiger partial charge in [0.1, 0.15) is 5.75 Å². The fourth-order valence-corrected chi connectivity index (χ4v) is 2.16. The lowest BCUT2D eigenvalue weighted by Crippen LogP contribution is -1.83. The van der Waals surface area contributed by atoms with Crippen LogP contribution in [0.5, 0.6) is 5.75 Å². The Kier molecular flexibility index (Phi) is 2.02. The molecule has 0 atom stereocenters. The molecule has 0 N–H and O–H groups in total. The molecule has 0 unspecified atom stereocenters. The van der Waals surface area contributed by atoms with E-state index in [0.29, 0.717) is 0 Å². The molecular weight excluding hydrogens is 238 g/mol. The molecule has 0 amide bonds. The molecule has 0 fully saturated rings. The highest BCUT2D eigenvalue weighted by Crippen LogP contribution is 2.30. The minimum absolute atomic E-state index is 0.869. The number of ether oxygens (including phenoxy) is 1. The lowest BCUT2D eigenvalue weighted by atomic mass is 10.2. The summed E-state index contributed by atoms with van der Waals surface area (Å²) in [6.45, 7) is 0. The highest BCUT2D eigenvalue weighted by Gasteiger charge is 2.04.